The molecule has 0 atom stereocenters. The van der Waals surface area contributed by atoms with E-state index in [0.717, 1.165) is 11.6 Å². The molecule has 0 heterocycles. The van der Waals surface area contributed by atoms with E-state index in [2.05, 4.69) is 0 Å². The quantitative estimate of drug-likeness (QED) is 0.796. The number of sulfone groups is 1. The Morgan fingerprint density at radius 1 is 0.947 bits per heavy atom. The molecule has 0 aliphatic rings. The Balaban J connectivity index is 2.15. The van der Waals surface area contributed by atoms with E-state index in [1.807, 2.05) is 6.07 Å². The predicted molar refractivity (Wildman–Crippen MR) is 74.6 cm³/mol. The molecule has 2 radical (unpaired) electrons. The van der Waals surface area contributed by atoms with Crippen LogP contribution in [0.2, 0.25) is 0 Å². The van der Waals surface area contributed by atoms with Gasteiger partial charge in [-0.05, 0) is 17.2 Å². The molecule has 0 saturated heterocycles. The first-order chi connectivity index (χ1) is 8.96. The van der Waals surface area contributed by atoms with Gasteiger partial charge in [-0.2, -0.15) is 0 Å². The summed E-state index contributed by atoms with van der Waals surface area (Å²) in [6, 6.07) is 13.0. The van der Waals surface area contributed by atoms with Crippen molar-refractivity contribution in [3.63, 3.8) is 0 Å². The third kappa shape index (κ3) is 3.93. The summed E-state index contributed by atoms with van der Waals surface area (Å²) < 4.78 is 37.3. The molecule has 0 spiro atoms. The van der Waals surface area contributed by atoms with Crippen LogP contribution >= 0.6 is 0 Å². The van der Waals surface area contributed by atoms with Crippen LogP contribution < -0.4 is 5.46 Å². The first-order valence-electron chi connectivity index (χ1n) is 5.74. The third-order valence-corrected chi connectivity index (χ3v) is 4.23. The minimum absolute atomic E-state index is 0.0178. The summed E-state index contributed by atoms with van der Waals surface area (Å²) in [5.74, 6) is -0.841. The van der Waals surface area contributed by atoms with E-state index in [4.69, 9.17) is 7.85 Å². The SMILES string of the molecule is [B]c1ccc(CS(=O)(=O)Cc2ccccc2)cc1F. The smallest absolute Gasteiger partial charge is 0.158 e. The number of hydrogen-bond donors (Lipinski definition) is 0. The van der Waals surface area contributed by atoms with Gasteiger partial charge in [-0.1, -0.05) is 47.9 Å². The molecular weight excluding hydrogens is 262 g/mol. The molecule has 5 heteroatoms. The zero-order valence-corrected chi connectivity index (χ0v) is 11.0. The molecule has 0 bridgehead atoms. The second-order valence-corrected chi connectivity index (χ2v) is 6.44. The largest absolute Gasteiger partial charge is 0.228 e. The molecule has 0 saturated carbocycles. The van der Waals surface area contributed by atoms with Crippen molar-refractivity contribution in [3.05, 3.63) is 65.5 Å². The fourth-order valence-corrected chi connectivity index (χ4v) is 3.28. The van der Waals surface area contributed by atoms with Crippen LogP contribution in [-0.4, -0.2) is 16.3 Å². The van der Waals surface area contributed by atoms with Gasteiger partial charge < -0.3 is 0 Å². The molecule has 2 nitrogen and oxygen atoms in total. The van der Waals surface area contributed by atoms with Gasteiger partial charge in [0.1, 0.15) is 13.7 Å². The highest BCUT2D eigenvalue weighted by Gasteiger charge is 2.13. The Kier molecular flexibility index (Phi) is 4.05. The fourth-order valence-electron chi connectivity index (χ4n) is 1.79. The normalized spacial score (nSPS) is 11.4. The summed E-state index contributed by atoms with van der Waals surface area (Å²) in [6.07, 6.45) is 0. The summed E-state index contributed by atoms with van der Waals surface area (Å²) in [5.41, 5.74) is 1.14. The van der Waals surface area contributed by atoms with E-state index in [1.165, 1.54) is 12.1 Å². The van der Waals surface area contributed by atoms with Crippen LogP contribution in [0.5, 0.6) is 0 Å². The Morgan fingerprint density at radius 2 is 1.58 bits per heavy atom. The molecule has 2 aromatic rings. The minimum atomic E-state index is -3.32. The standard InChI is InChI=1S/C14H12BFO2S/c15-13-7-6-12(8-14(13)16)10-19(17,18)9-11-4-2-1-3-5-11/h1-8H,9-10H2. The molecule has 0 fully saturated rings. The lowest BCUT2D eigenvalue weighted by Crippen LogP contribution is -2.11. The van der Waals surface area contributed by atoms with Crippen molar-refractivity contribution in [2.75, 3.05) is 0 Å². The number of hydrogen-bond acceptors (Lipinski definition) is 2. The van der Waals surface area contributed by atoms with Crippen molar-refractivity contribution in [1.29, 1.82) is 0 Å². The molecule has 0 aliphatic carbocycles. The molecule has 19 heavy (non-hydrogen) atoms. The van der Waals surface area contributed by atoms with Crippen molar-refractivity contribution >= 4 is 23.1 Å². The first-order valence-corrected chi connectivity index (χ1v) is 7.57. The van der Waals surface area contributed by atoms with E-state index < -0.39 is 15.7 Å². The van der Waals surface area contributed by atoms with E-state index in [0.29, 0.717) is 5.56 Å². The summed E-state index contributed by atoms with van der Waals surface area (Å²) >= 11 is 0. The molecule has 0 amide bonds. The predicted octanol–water partition coefficient (Wildman–Crippen LogP) is 1.73. The van der Waals surface area contributed by atoms with Crippen LogP contribution in [0.25, 0.3) is 0 Å². The van der Waals surface area contributed by atoms with Crippen LogP contribution in [-0.2, 0) is 21.3 Å². The lowest BCUT2D eigenvalue weighted by atomic mass is 9.95. The highest BCUT2D eigenvalue weighted by Crippen LogP contribution is 2.12. The third-order valence-electron chi connectivity index (χ3n) is 2.68. The second kappa shape index (κ2) is 5.57. The van der Waals surface area contributed by atoms with Crippen molar-refractivity contribution in [3.8, 4) is 0 Å². The van der Waals surface area contributed by atoms with E-state index in [1.54, 1.807) is 24.3 Å². The fraction of sp³-hybridized carbons (Fsp3) is 0.143. The lowest BCUT2D eigenvalue weighted by Gasteiger charge is -2.06. The summed E-state index contributed by atoms with van der Waals surface area (Å²) in [4.78, 5) is 0. The summed E-state index contributed by atoms with van der Waals surface area (Å²) in [5, 5.41) is 0. The Hall–Kier alpha value is -1.62. The molecule has 0 N–H and O–H groups in total. The van der Waals surface area contributed by atoms with Gasteiger partial charge in [0, 0.05) is 0 Å². The average molecular weight is 274 g/mol. The molecule has 0 unspecified atom stereocenters. The van der Waals surface area contributed by atoms with Crippen LogP contribution in [0.15, 0.2) is 48.5 Å². The van der Waals surface area contributed by atoms with Crippen LogP contribution in [0.4, 0.5) is 4.39 Å². The molecular formula is C14H12BFO2S. The van der Waals surface area contributed by atoms with Gasteiger partial charge in [0.2, 0.25) is 0 Å². The van der Waals surface area contributed by atoms with Crippen molar-refractivity contribution < 1.29 is 12.8 Å². The van der Waals surface area contributed by atoms with Crippen molar-refractivity contribution in [1.82, 2.24) is 0 Å². The minimum Gasteiger partial charge on any atom is -0.228 e. The lowest BCUT2D eigenvalue weighted by molar-refractivity contribution is 0.594. The van der Waals surface area contributed by atoms with Gasteiger partial charge in [-0.15, -0.1) is 0 Å². The van der Waals surface area contributed by atoms with Gasteiger partial charge in [-0.25, -0.2) is 12.8 Å². The average Bonchev–Trinajstić information content (AvgIpc) is 2.34. The number of benzene rings is 2. The molecule has 96 valence electrons. The van der Waals surface area contributed by atoms with Crippen LogP contribution in [0, 0.1) is 5.82 Å². The van der Waals surface area contributed by atoms with E-state index in [-0.39, 0.29) is 17.0 Å². The van der Waals surface area contributed by atoms with Crippen LogP contribution in [0.3, 0.4) is 0 Å². The van der Waals surface area contributed by atoms with Crippen molar-refractivity contribution in [2.45, 2.75) is 11.5 Å². The van der Waals surface area contributed by atoms with Gasteiger partial charge in [0.15, 0.2) is 9.84 Å². The van der Waals surface area contributed by atoms with E-state index >= 15 is 0 Å². The van der Waals surface area contributed by atoms with Gasteiger partial charge in [-0.3, -0.25) is 0 Å². The maximum absolute atomic E-state index is 13.3. The highest BCUT2D eigenvalue weighted by atomic mass is 32.2. The number of rotatable bonds is 4. The monoisotopic (exact) mass is 274 g/mol. The van der Waals surface area contributed by atoms with Gasteiger partial charge in [0.25, 0.3) is 0 Å². The Labute approximate surface area is 113 Å². The summed E-state index contributed by atoms with van der Waals surface area (Å²) in [7, 11) is 2.03. The maximum atomic E-state index is 13.3. The highest BCUT2D eigenvalue weighted by molar-refractivity contribution is 7.89. The molecule has 2 rings (SSSR count). The van der Waals surface area contributed by atoms with Gasteiger partial charge in [0.05, 0.1) is 11.5 Å². The topological polar surface area (TPSA) is 34.1 Å². The molecule has 0 aromatic heterocycles. The molecule has 0 aliphatic heterocycles. The van der Waals surface area contributed by atoms with Crippen molar-refractivity contribution in [2.24, 2.45) is 0 Å². The van der Waals surface area contributed by atoms with E-state index in [9.17, 15) is 12.8 Å². The number of halogens is 1. The Morgan fingerprint density at radius 3 is 2.21 bits per heavy atom. The Bertz CT molecular complexity index is 669. The molecule has 2 aromatic carbocycles. The first kappa shape index (κ1) is 13.8. The van der Waals surface area contributed by atoms with Gasteiger partial charge >= 0.3 is 0 Å². The zero-order chi connectivity index (χ0) is 13.9. The zero-order valence-electron chi connectivity index (χ0n) is 10.2. The second-order valence-electron chi connectivity index (χ2n) is 4.37. The summed E-state index contributed by atoms with van der Waals surface area (Å²) in [6.45, 7) is 0. The van der Waals surface area contributed by atoms with Crippen LogP contribution in [0.1, 0.15) is 11.1 Å². The maximum Gasteiger partial charge on any atom is 0.158 e.